The molecule has 0 heterocycles. The number of carbonyl (C=O) groups is 1. The molecular formula is C8H6BrClFNO. The topological polar surface area (TPSA) is 43.1 Å². The Hall–Kier alpha value is -0.610. The van der Waals surface area contributed by atoms with E-state index < -0.39 is 11.6 Å². The maximum atomic E-state index is 13.1. The van der Waals surface area contributed by atoms with Crippen LogP contribution in [0.5, 0.6) is 0 Å². The number of benzene rings is 1. The van der Waals surface area contributed by atoms with Crippen LogP contribution in [-0.4, -0.2) is 11.1 Å². The van der Waals surface area contributed by atoms with Crippen LogP contribution in [0.4, 0.5) is 10.1 Å². The zero-order chi connectivity index (χ0) is 10.0. The van der Waals surface area contributed by atoms with Crippen molar-refractivity contribution in [2.75, 3.05) is 11.1 Å². The van der Waals surface area contributed by atoms with Gasteiger partial charge >= 0.3 is 0 Å². The van der Waals surface area contributed by atoms with Crippen LogP contribution in [0.2, 0.25) is 5.02 Å². The van der Waals surface area contributed by atoms with Crippen LogP contribution in [0.3, 0.4) is 0 Å². The molecular weight excluding hydrogens is 260 g/mol. The highest BCUT2D eigenvalue weighted by atomic mass is 79.9. The number of hydrogen-bond acceptors (Lipinski definition) is 2. The summed E-state index contributed by atoms with van der Waals surface area (Å²) in [7, 11) is 0. The fourth-order valence-corrected chi connectivity index (χ4v) is 1.36. The van der Waals surface area contributed by atoms with Gasteiger partial charge in [-0.3, -0.25) is 4.79 Å². The van der Waals surface area contributed by atoms with Crippen molar-refractivity contribution in [1.29, 1.82) is 0 Å². The molecule has 0 amide bonds. The van der Waals surface area contributed by atoms with Crippen LogP contribution >= 0.6 is 27.5 Å². The largest absolute Gasteiger partial charge is 0.397 e. The highest BCUT2D eigenvalue weighted by Crippen LogP contribution is 2.25. The van der Waals surface area contributed by atoms with Gasteiger partial charge in [-0.1, -0.05) is 27.5 Å². The Kier molecular flexibility index (Phi) is 3.27. The molecule has 1 aromatic rings. The number of ketones is 1. The predicted molar refractivity (Wildman–Crippen MR) is 53.9 cm³/mol. The number of hydrogen-bond donors (Lipinski definition) is 1. The minimum Gasteiger partial charge on any atom is -0.397 e. The number of carbonyl (C=O) groups excluding carboxylic acids is 1. The molecule has 0 aliphatic heterocycles. The molecule has 1 aromatic carbocycles. The van der Waals surface area contributed by atoms with E-state index in [1.165, 1.54) is 6.07 Å². The molecule has 0 atom stereocenters. The monoisotopic (exact) mass is 265 g/mol. The molecule has 1 rings (SSSR count). The minimum absolute atomic E-state index is 0.00823. The molecule has 0 fully saturated rings. The second-order valence-corrected chi connectivity index (χ2v) is 3.34. The maximum absolute atomic E-state index is 13.1. The lowest BCUT2D eigenvalue weighted by Crippen LogP contribution is -2.08. The Bertz CT molecular complexity index is 356. The van der Waals surface area contributed by atoms with Crippen molar-refractivity contribution in [3.63, 3.8) is 0 Å². The Morgan fingerprint density at radius 1 is 1.62 bits per heavy atom. The molecule has 0 spiro atoms. The molecule has 0 saturated heterocycles. The summed E-state index contributed by atoms with van der Waals surface area (Å²) in [6.07, 6.45) is 0. The molecule has 0 aliphatic rings. The Morgan fingerprint density at radius 3 is 2.77 bits per heavy atom. The van der Waals surface area contributed by atoms with Gasteiger partial charge in [0.15, 0.2) is 5.78 Å². The Morgan fingerprint density at radius 2 is 2.23 bits per heavy atom. The molecule has 0 unspecified atom stereocenters. The first-order chi connectivity index (χ1) is 6.07. The van der Waals surface area contributed by atoms with Gasteiger partial charge in [-0.25, -0.2) is 4.39 Å². The third kappa shape index (κ3) is 2.00. The van der Waals surface area contributed by atoms with Gasteiger partial charge in [0.2, 0.25) is 0 Å². The molecule has 13 heavy (non-hydrogen) atoms. The van der Waals surface area contributed by atoms with E-state index in [9.17, 15) is 9.18 Å². The summed E-state index contributed by atoms with van der Waals surface area (Å²) in [6.45, 7) is 0. The smallest absolute Gasteiger partial charge is 0.178 e. The molecule has 5 heteroatoms. The van der Waals surface area contributed by atoms with Crippen LogP contribution in [0.1, 0.15) is 10.4 Å². The average Bonchev–Trinajstić information content (AvgIpc) is 2.12. The van der Waals surface area contributed by atoms with Crippen LogP contribution < -0.4 is 5.73 Å². The first-order valence-electron chi connectivity index (χ1n) is 3.40. The van der Waals surface area contributed by atoms with Crippen LogP contribution in [-0.2, 0) is 0 Å². The molecule has 0 saturated carbocycles. The van der Waals surface area contributed by atoms with Gasteiger partial charge in [-0.05, 0) is 12.1 Å². The van der Waals surface area contributed by atoms with Crippen molar-refractivity contribution in [3.8, 4) is 0 Å². The highest BCUT2D eigenvalue weighted by molar-refractivity contribution is 9.09. The summed E-state index contributed by atoms with van der Waals surface area (Å²) in [5.74, 6) is -1.07. The van der Waals surface area contributed by atoms with E-state index in [0.29, 0.717) is 0 Å². The van der Waals surface area contributed by atoms with Crippen molar-refractivity contribution in [3.05, 3.63) is 28.5 Å². The van der Waals surface area contributed by atoms with Gasteiger partial charge in [0, 0.05) is 0 Å². The molecule has 0 aliphatic carbocycles. The van der Waals surface area contributed by atoms with Crippen molar-refractivity contribution in [2.24, 2.45) is 0 Å². The third-order valence-electron chi connectivity index (χ3n) is 1.54. The number of rotatable bonds is 2. The number of anilines is 1. The van der Waals surface area contributed by atoms with Gasteiger partial charge in [-0.2, -0.15) is 0 Å². The zero-order valence-electron chi connectivity index (χ0n) is 6.48. The van der Waals surface area contributed by atoms with Gasteiger partial charge in [-0.15, -0.1) is 0 Å². The quantitative estimate of drug-likeness (QED) is 0.508. The van der Waals surface area contributed by atoms with Crippen LogP contribution in [0.15, 0.2) is 12.1 Å². The SMILES string of the molecule is Nc1c(Cl)ccc(F)c1C(=O)CBr. The van der Waals surface area contributed by atoms with Gasteiger partial charge in [0.05, 0.1) is 21.6 Å². The second kappa shape index (κ2) is 4.07. The zero-order valence-corrected chi connectivity index (χ0v) is 8.82. The number of nitrogen functional groups attached to an aromatic ring is 1. The van der Waals surface area contributed by atoms with Gasteiger partial charge in [0.1, 0.15) is 5.82 Å². The molecule has 0 bridgehead atoms. The summed E-state index contributed by atoms with van der Waals surface area (Å²) in [5.41, 5.74) is 5.29. The molecule has 2 N–H and O–H groups in total. The second-order valence-electron chi connectivity index (χ2n) is 2.37. The summed E-state index contributed by atoms with van der Waals surface area (Å²) in [4.78, 5) is 11.2. The van der Waals surface area contributed by atoms with E-state index in [0.717, 1.165) is 6.07 Å². The number of alkyl halides is 1. The van der Waals surface area contributed by atoms with Crippen molar-refractivity contribution >= 4 is 39.0 Å². The van der Waals surface area contributed by atoms with Crippen molar-refractivity contribution < 1.29 is 9.18 Å². The van der Waals surface area contributed by atoms with Crippen molar-refractivity contribution in [1.82, 2.24) is 0 Å². The van der Waals surface area contributed by atoms with E-state index in [1.807, 2.05) is 0 Å². The van der Waals surface area contributed by atoms with Crippen molar-refractivity contribution in [2.45, 2.75) is 0 Å². The average molecular weight is 266 g/mol. The lowest BCUT2D eigenvalue weighted by Gasteiger charge is -2.05. The maximum Gasteiger partial charge on any atom is 0.178 e. The number of nitrogens with two attached hydrogens (primary N) is 1. The Labute approximate surface area is 88.0 Å². The predicted octanol–water partition coefficient (Wildman–Crippen LogP) is 2.64. The Balaban J connectivity index is 3.33. The number of Topliss-reactive ketones (excluding diaryl/α,β-unsaturated/α-hetero) is 1. The lowest BCUT2D eigenvalue weighted by molar-refractivity contribution is 0.102. The molecule has 2 nitrogen and oxygen atoms in total. The first kappa shape index (κ1) is 10.5. The first-order valence-corrected chi connectivity index (χ1v) is 4.90. The van der Waals surface area contributed by atoms with Crippen LogP contribution in [0.25, 0.3) is 0 Å². The standard InChI is InChI=1S/C8H6BrClFNO/c9-3-6(13)7-5(11)2-1-4(10)8(7)12/h1-2H,3,12H2. The number of halogens is 3. The highest BCUT2D eigenvalue weighted by Gasteiger charge is 2.16. The van der Waals surface area contributed by atoms with Gasteiger partial charge in [0.25, 0.3) is 0 Å². The van der Waals surface area contributed by atoms with E-state index in [1.54, 1.807) is 0 Å². The summed E-state index contributed by atoms with van der Waals surface area (Å²) in [6, 6.07) is 2.44. The summed E-state index contributed by atoms with van der Waals surface area (Å²) >= 11 is 8.56. The lowest BCUT2D eigenvalue weighted by atomic mass is 10.1. The fraction of sp³-hybridized carbons (Fsp3) is 0.125. The minimum atomic E-state index is -0.647. The summed E-state index contributed by atoms with van der Waals surface area (Å²) in [5, 5.41) is 0.208. The molecule has 70 valence electrons. The summed E-state index contributed by atoms with van der Waals surface area (Å²) < 4.78 is 13.1. The van der Waals surface area contributed by atoms with E-state index in [-0.39, 0.29) is 21.6 Å². The van der Waals surface area contributed by atoms with Crippen LogP contribution in [0, 0.1) is 5.82 Å². The third-order valence-corrected chi connectivity index (χ3v) is 2.38. The fourth-order valence-electron chi connectivity index (χ4n) is 0.918. The van der Waals surface area contributed by atoms with E-state index >= 15 is 0 Å². The normalized spacial score (nSPS) is 10.1. The van der Waals surface area contributed by atoms with E-state index in [4.69, 9.17) is 17.3 Å². The molecule has 0 radical (unpaired) electrons. The van der Waals surface area contributed by atoms with Gasteiger partial charge < -0.3 is 5.73 Å². The molecule has 0 aromatic heterocycles. The van der Waals surface area contributed by atoms with E-state index in [2.05, 4.69) is 15.9 Å².